The van der Waals surface area contributed by atoms with Crippen LogP contribution in [0.2, 0.25) is 0 Å². The van der Waals surface area contributed by atoms with Gasteiger partial charge in [-0.15, -0.1) is 0 Å². The molecular weight excluding hydrogens is 502 g/mol. The molecule has 1 aliphatic rings. The molecule has 2 aromatic carbocycles. The number of fused-ring (bicyclic) bond motifs is 1. The fraction of sp³-hybridized carbons (Fsp3) is 0.438. The maximum atomic E-state index is 13.2. The normalized spacial score (nSPS) is 16.3. The Kier molecular flexibility index (Phi) is 8.88. The van der Waals surface area contributed by atoms with E-state index >= 15 is 0 Å². The second kappa shape index (κ2) is 12.2. The SMILES string of the molecule is CC[C@@H]1CN(Cc2cc([C@@H](c3ccc(NC)c(N=N)c3C)C(C)(C)C(=O)OC)ccc2C)Cc2ccncc2O1. The van der Waals surface area contributed by atoms with Crippen LogP contribution in [0.25, 0.3) is 0 Å². The van der Waals surface area contributed by atoms with Crippen molar-refractivity contribution in [3.63, 3.8) is 0 Å². The molecular formula is C32H41N5O3. The Hall–Kier alpha value is -3.78. The van der Waals surface area contributed by atoms with Crippen LogP contribution in [0, 0.1) is 24.8 Å². The highest BCUT2D eigenvalue weighted by atomic mass is 16.5. The van der Waals surface area contributed by atoms with Crippen LogP contribution in [0.4, 0.5) is 11.4 Å². The van der Waals surface area contributed by atoms with Gasteiger partial charge in [0.2, 0.25) is 0 Å². The molecule has 2 atom stereocenters. The summed E-state index contributed by atoms with van der Waals surface area (Å²) in [4.78, 5) is 19.9. The van der Waals surface area contributed by atoms with Crippen LogP contribution in [0.3, 0.4) is 0 Å². The molecule has 2 N–H and O–H groups in total. The topological polar surface area (TPSA) is 99.9 Å². The number of hydrogen-bond acceptors (Lipinski definition) is 8. The van der Waals surface area contributed by atoms with Crippen LogP contribution in [0.1, 0.15) is 66.5 Å². The Bertz CT molecular complexity index is 1390. The number of aryl methyl sites for hydroxylation is 1. The average Bonchev–Trinajstić information content (AvgIpc) is 3.13. The molecule has 0 bridgehead atoms. The minimum atomic E-state index is -0.873. The first-order valence-corrected chi connectivity index (χ1v) is 13.8. The zero-order valence-corrected chi connectivity index (χ0v) is 24.7. The van der Waals surface area contributed by atoms with Gasteiger partial charge in [-0.2, -0.15) is 5.11 Å². The van der Waals surface area contributed by atoms with Gasteiger partial charge in [0.05, 0.1) is 24.4 Å². The third kappa shape index (κ3) is 5.72. The number of anilines is 1. The second-order valence-electron chi connectivity index (χ2n) is 11.2. The van der Waals surface area contributed by atoms with Gasteiger partial charge in [-0.05, 0) is 74.1 Å². The number of nitrogens with zero attached hydrogens (tertiary/aromatic N) is 3. The zero-order chi connectivity index (χ0) is 29.0. The van der Waals surface area contributed by atoms with Gasteiger partial charge >= 0.3 is 5.97 Å². The summed E-state index contributed by atoms with van der Waals surface area (Å²) >= 11 is 0. The Labute approximate surface area is 237 Å². The maximum absolute atomic E-state index is 13.2. The Morgan fingerprint density at radius 1 is 1.27 bits per heavy atom. The lowest BCUT2D eigenvalue weighted by atomic mass is 9.69. The van der Waals surface area contributed by atoms with Crippen molar-refractivity contribution in [2.75, 3.05) is 26.0 Å². The minimum Gasteiger partial charge on any atom is -0.487 e. The van der Waals surface area contributed by atoms with Crippen LogP contribution < -0.4 is 10.1 Å². The van der Waals surface area contributed by atoms with Crippen molar-refractivity contribution in [2.45, 2.75) is 66.2 Å². The summed E-state index contributed by atoms with van der Waals surface area (Å²) in [6.45, 7) is 12.4. The van der Waals surface area contributed by atoms with Gasteiger partial charge in [0.25, 0.3) is 0 Å². The monoisotopic (exact) mass is 543 g/mol. The Morgan fingerprint density at radius 3 is 2.73 bits per heavy atom. The van der Waals surface area contributed by atoms with Crippen molar-refractivity contribution >= 4 is 17.3 Å². The largest absolute Gasteiger partial charge is 0.487 e. The van der Waals surface area contributed by atoms with Gasteiger partial charge in [0.1, 0.15) is 17.5 Å². The number of ether oxygens (including phenoxy) is 2. The summed E-state index contributed by atoms with van der Waals surface area (Å²) in [5.41, 5.74) is 14.7. The lowest BCUT2D eigenvalue weighted by Crippen LogP contribution is -2.34. The van der Waals surface area contributed by atoms with Crippen LogP contribution in [0.15, 0.2) is 53.9 Å². The number of benzene rings is 2. The molecule has 0 aliphatic carbocycles. The van der Waals surface area contributed by atoms with E-state index in [-0.39, 0.29) is 18.0 Å². The van der Waals surface area contributed by atoms with Crippen LogP contribution in [-0.2, 0) is 22.6 Å². The van der Waals surface area contributed by atoms with Crippen LogP contribution in [-0.4, -0.2) is 42.7 Å². The number of carbonyl (C=O) groups excluding carboxylic acids is 1. The van der Waals surface area contributed by atoms with Crippen molar-refractivity contribution in [1.82, 2.24) is 9.88 Å². The number of hydrogen-bond donors (Lipinski definition) is 2. The summed E-state index contributed by atoms with van der Waals surface area (Å²) in [7, 11) is 3.25. The average molecular weight is 544 g/mol. The molecule has 0 amide bonds. The Balaban J connectivity index is 1.79. The maximum Gasteiger partial charge on any atom is 0.312 e. The summed E-state index contributed by atoms with van der Waals surface area (Å²) in [5.74, 6) is 0.258. The molecule has 4 rings (SSSR count). The van der Waals surface area contributed by atoms with E-state index in [0.29, 0.717) is 5.69 Å². The minimum absolute atomic E-state index is 0.0836. The molecule has 3 aromatic rings. The number of rotatable bonds is 9. The number of esters is 1. The number of nitrogens with one attached hydrogen (secondary N) is 2. The summed E-state index contributed by atoms with van der Waals surface area (Å²) in [6.07, 6.45) is 4.62. The number of aromatic nitrogens is 1. The molecule has 0 radical (unpaired) electrons. The molecule has 0 saturated heterocycles. The van der Waals surface area contributed by atoms with Crippen molar-refractivity contribution in [3.05, 3.63) is 82.2 Å². The third-order valence-electron chi connectivity index (χ3n) is 8.17. The van der Waals surface area contributed by atoms with E-state index in [1.807, 2.05) is 58.4 Å². The Morgan fingerprint density at radius 2 is 2.05 bits per heavy atom. The highest BCUT2D eigenvalue weighted by Gasteiger charge is 2.41. The first-order valence-electron chi connectivity index (χ1n) is 13.8. The first kappa shape index (κ1) is 29.2. The molecule has 212 valence electrons. The number of methoxy groups -OCH3 is 1. The van der Waals surface area contributed by atoms with Gasteiger partial charge in [0, 0.05) is 44.4 Å². The fourth-order valence-electron chi connectivity index (χ4n) is 5.81. The van der Waals surface area contributed by atoms with Crippen molar-refractivity contribution in [3.8, 4) is 5.75 Å². The quantitative estimate of drug-likeness (QED) is 0.225. The number of carbonyl (C=O) groups is 1. The van der Waals surface area contributed by atoms with E-state index in [9.17, 15) is 4.79 Å². The predicted molar refractivity (Wildman–Crippen MR) is 157 cm³/mol. The van der Waals surface area contributed by atoms with E-state index in [2.05, 4.69) is 52.4 Å². The van der Waals surface area contributed by atoms with Crippen LogP contribution >= 0.6 is 0 Å². The standard InChI is InChI=1S/C32H41N5O3/c1-8-25-19-37(17-23-13-14-35-16-28(23)40-25)18-24-15-22(10-9-20(24)2)29(32(4,5)31(38)39-7)26-11-12-27(34-6)30(36-33)21(26)3/h9-16,25,29,33-34H,8,17-19H2,1-7H3/t25-,29+/m1/s1. The number of pyridine rings is 1. The highest BCUT2D eigenvalue weighted by Crippen LogP contribution is 2.46. The van der Waals surface area contributed by atoms with Crippen LogP contribution in [0.5, 0.6) is 5.75 Å². The van der Waals surface area contributed by atoms with Gasteiger partial charge in [-0.25, -0.2) is 5.53 Å². The fourth-order valence-corrected chi connectivity index (χ4v) is 5.81. The van der Waals surface area contributed by atoms with Crippen molar-refractivity contribution in [1.29, 1.82) is 5.53 Å². The molecule has 1 aromatic heterocycles. The molecule has 0 spiro atoms. The smallest absolute Gasteiger partial charge is 0.312 e. The van der Waals surface area contributed by atoms with Gasteiger partial charge in [-0.1, -0.05) is 31.2 Å². The summed E-state index contributed by atoms with van der Waals surface area (Å²) in [6, 6.07) is 12.5. The van der Waals surface area contributed by atoms with Crippen molar-refractivity contribution in [2.24, 2.45) is 10.5 Å². The van der Waals surface area contributed by atoms with Gasteiger partial charge < -0.3 is 14.8 Å². The van der Waals surface area contributed by atoms with Gasteiger partial charge in [0.15, 0.2) is 0 Å². The summed E-state index contributed by atoms with van der Waals surface area (Å²) < 4.78 is 11.6. The second-order valence-corrected chi connectivity index (χ2v) is 11.2. The summed E-state index contributed by atoms with van der Waals surface area (Å²) in [5, 5.41) is 6.95. The zero-order valence-electron chi connectivity index (χ0n) is 24.7. The molecule has 40 heavy (non-hydrogen) atoms. The lowest BCUT2D eigenvalue weighted by Gasteiger charge is -2.34. The molecule has 1 aliphatic heterocycles. The molecule has 2 heterocycles. The third-order valence-corrected chi connectivity index (χ3v) is 8.17. The van der Waals surface area contributed by atoms with E-state index in [4.69, 9.17) is 15.0 Å². The van der Waals surface area contributed by atoms with E-state index in [0.717, 1.165) is 59.7 Å². The predicted octanol–water partition coefficient (Wildman–Crippen LogP) is 6.91. The molecule has 8 nitrogen and oxygen atoms in total. The molecule has 0 unspecified atom stereocenters. The van der Waals surface area contributed by atoms with E-state index in [1.165, 1.54) is 18.2 Å². The molecule has 0 saturated carbocycles. The van der Waals surface area contributed by atoms with E-state index in [1.54, 1.807) is 0 Å². The van der Waals surface area contributed by atoms with E-state index < -0.39 is 5.41 Å². The van der Waals surface area contributed by atoms with Gasteiger partial charge in [-0.3, -0.25) is 14.7 Å². The molecule has 8 heteroatoms. The van der Waals surface area contributed by atoms with Crippen molar-refractivity contribution < 1.29 is 14.3 Å². The molecule has 0 fully saturated rings. The lowest BCUT2D eigenvalue weighted by molar-refractivity contribution is -0.151. The highest BCUT2D eigenvalue weighted by molar-refractivity contribution is 5.79. The first-order chi connectivity index (χ1) is 19.1.